The summed E-state index contributed by atoms with van der Waals surface area (Å²) in [5.74, 6) is 0.327. The molecule has 30 heavy (non-hydrogen) atoms. The summed E-state index contributed by atoms with van der Waals surface area (Å²) in [6.07, 6.45) is -3.34. The van der Waals surface area contributed by atoms with Gasteiger partial charge in [-0.25, -0.2) is 4.98 Å². The Morgan fingerprint density at radius 2 is 1.87 bits per heavy atom. The van der Waals surface area contributed by atoms with E-state index in [-0.39, 0.29) is 40.7 Å². The number of nitrogens with zero attached hydrogens (tertiary/aromatic N) is 4. The van der Waals surface area contributed by atoms with Gasteiger partial charge in [0.15, 0.2) is 0 Å². The molecule has 1 saturated heterocycles. The van der Waals surface area contributed by atoms with Crippen LogP contribution < -0.4 is 0 Å². The van der Waals surface area contributed by atoms with Crippen LogP contribution in [0.15, 0.2) is 15.1 Å². The highest BCUT2D eigenvalue weighted by Gasteiger charge is 2.38. The van der Waals surface area contributed by atoms with E-state index < -0.39 is 11.7 Å². The second-order valence-electron chi connectivity index (χ2n) is 7.69. The van der Waals surface area contributed by atoms with Crippen molar-refractivity contribution in [2.45, 2.75) is 52.1 Å². The Morgan fingerprint density at radius 3 is 2.47 bits per heavy atom. The lowest BCUT2D eigenvalue weighted by atomic mass is 9.90. The summed E-state index contributed by atoms with van der Waals surface area (Å²) in [5.41, 5.74) is 1.07. The van der Waals surface area contributed by atoms with Gasteiger partial charge in [0, 0.05) is 30.3 Å². The summed E-state index contributed by atoms with van der Waals surface area (Å²) >= 11 is 0. The van der Waals surface area contributed by atoms with Crippen LogP contribution in [0.1, 0.15) is 52.7 Å². The van der Waals surface area contributed by atoms with Gasteiger partial charge in [-0.15, -0.1) is 0 Å². The Bertz CT molecular complexity index is 1080. The zero-order chi connectivity index (χ0) is 21.6. The van der Waals surface area contributed by atoms with Crippen LogP contribution in [0.5, 0.6) is 0 Å². The fraction of sp³-hybridized carbons (Fsp3) is 0.500. The summed E-state index contributed by atoms with van der Waals surface area (Å²) in [6.45, 7) is 5.90. The molecule has 0 N–H and O–H groups in total. The quantitative estimate of drug-likeness (QED) is 0.632. The summed E-state index contributed by atoms with van der Waals surface area (Å²) in [6, 6.07) is 1.02. The highest BCUT2D eigenvalue weighted by Crippen LogP contribution is 2.40. The van der Waals surface area contributed by atoms with E-state index in [0.29, 0.717) is 37.4 Å². The number of alkyl halides is 3. The molecule has 0 saturated carbocycles. The standard InChI is InChI=1S/C20H21F3N4O3/c1-10-8-15(20(21,22)23)17-18(26-30-19(17)24-10)13-4-6-27(7-5-13)16(28)9-14-11(2)25-29-12(14)3/h8,13H,4-7,9H2,1-3H3. The van der Waals surface area contributed by atoms with Gasteiger partial charge in [0.2, 0.25) is 5.91 Å². The van der Waals surface area contributed by atoms with E-state index in [1.807, 2.05) is 0 Å². The van der Waals surface area contributed by atoms with E-state index in [1.165, 1.54) is 6.92 Å². The number of carbonyl (C=O) groups excluding carboxylic acids is 1. The average Bonchev–Trinajstić information content (AvgIpc) is 3.25. The predicted molar refractivity (Wildman–Crippen MR) is 99.8 cm³/mol. The second-order valence-corrected chi connectivity index (χ2v) is 7.69. The molecule has 3 aromatic heterocycles. The Balaban J connectivity index is 1.52. The molecule has 4 rings (SSSR count). The number of aromatic nitrogens is 3. The fourth-order valence-corrected chi connectivity index (χ4v) is 4.02. The van der Waals surface area contributed by atoms with Crippen LogP contribution in [0.3, 0.4) is 0 Å². The van der Waals surface area contributed by atoms with E-state index in [1.54, 1.807) is 18.7 Å². The largest absolute Gasteiger partial charge is 0.417 e. The van der Waals surface area contributed by atoms with Gasteiger partial charge in [0.1, 0.15) is 5.76 Å². The average molecular weight is 422 g/mol. The fourth-order valence-electron chi connectivity index (χ4n) is 4.02. The predicted octanol–water partition coefficient (Wildman–Crippen LogP) is 4.10. The van der Waals surface area contributed by atoms with Gasteiger partial charge in [-0.05, 0) is 39.7 Å². The Labute approximate surface area is 170 Å². The van der Waals surface area contributed by atoms with Gasteiger partial charge < -0.3 is 13.9 Å². The van der Waals surface area contributed by atoms with Crippen molar-refractivity contribution in [3.8, 4) is 0 Å². The van der Waals surface area contributed by atoms with Crippen LogP contribution >= 0.6 is 0 Å². The summed E-state index contributed by atoms with van der Waals surface area (Å²) in [4.78, 5) is 18.4. The van der Waals surface area contributed by atoms with Crippen LogP contribution in [-0.2, 0) is 17.4 Å². The third-order valence-electron chi connectivity index (χ3n) is 5.65. The third-order valence-corrected chi connectivity index (χ3v) is 5.65. The molecule has 10 heteroatoms. The van der Waals surface area contributed by atoms with Gasteiger partial charge in [-0.1, -0.05) is 10.3 Å². The lowest BCUT2D eigenvalue weighted by Gasteiger charge is -2.31. The molecule has 0 spiro atoms. The van der Waals surface area contributed by atoms with E-state index in [0.717, 1.165) is 11.6 Å². The van der Waals surface area contributed by atoms with Crippen LogP contribution in [0, 0.1) is 20.8 Å². The summed E-state index contributed by atoms with van der Waals surface area (Å²) in [7, 11) is 0. The number of rotatable bonds is 3. The third kappa shape index (κ3) is 3.66. The van der Waals surface area contributed by atoms with E-state index in [2.05, 4.69) is 15.3 Å². The SMILES string of the molecule is Cc1cc(C(F)(F)F)c2c(C3CCN(C(=O)Cc4c(C)noc4C)CC3)noc2n1. The van der Waals surface area contributed by atoms with Crippen LogP contribution in [0.25, 0.3) is 11.1 Å². The molecule has 0 radical (unpaired) electrons. The van der Waals surface area contributed by atoms with Crippen molar-refractivity contribution in [1.29, 1.82) is 0 Å². The summed E-state index contributed by atoms with van der Waals surface area (Å²) in [5, 5.41) is 7.71. The minimum Gasteiger partial charge on any atom is -0.361 e. The van der Waals surface area contributed by atoms with Crippen molar-refractivity contribution in [2.75, 3.05) is 13.1 Å². The van der Waals surface area contributed by atoms with Crippen molar-refractivity contribution in [3.05, 3.63) is 40.0 Å². The minimum atomic E-state index is -4.53. The Morgan fingerprint density at radius 1 is 1.17 bits per heavy atom. The first-order valence-corrected chi connectivity index (χ1v) is 9.68. The maximum atomic E-state index is 13.6. The van der Waals surface area contributed by atoms with E-state index >= 15 is 0 Å². The molecule has 3 aromatic rings. The molecule has 0 atom stereocenters. The number of carbonyl (C=O) groups is 1. The van der Waals surface area contributed by atoms with Gasteiger partial charge in [-0.3, -0.25) is 4.79 Å². The van der Waals surface area contributed by atoms with Crippen molar-refractivity contribution in [3.63, 3.8) is 0 Å². The van der Waals surface area contributed by atoms with Crippen molar-refractivity contribution in [1.82, 2.24) is 20.2 Å². The maximum Gasteiger partial charge on any atom is 0.417 e. The summed E-state index contributed by atoms with van der Waals surface area (Å²) < 4.78 is 51.0. The lowest BCUT2D eigenvalue weighted by Crippen LogP contribution is -2.39. The molecule has 7 nitrogen and oxygen atoms in total. The highest BCUT2D eigenvalue weighted by molar-refractivity contribution is 5.82. The smallest absolute Gasteiger partial charge is 0.361 e. The molecular weight excluding hydrogens is 401 g/mol. The number of amides is 1. The zero-order valence-corrected chi connectivity index (χ0v) is 16.8. The Kier molecular flexibility index (Phi) is 5.03. The topological polar surface area (TPSA) is 85.3 Å². The number of pyridine rings is 1. The van der Waals surface area contributed by atoms with E-state index in [4.69, 9.17) is 9.05 Å². The van der Waals surface area contributed by atoms with Crippen molar-refractivity contribution < 1.29 is 27.0 Å². The number of hydrogen-bond acceptors (Lipinski definition) is 6. The number of likely N-dealkylation sites (tertiary alicyclic amines) is 1. The number of hydrogen-bond donors (Lipinski definition) is 0. The Hall–Kier alpha value is -2.91. The number of fused-ring (bicyclic) bond motifs is 1. The molecule has 4 heterocycles. The molecule has 0 aliphatic carbocycles. The molecular formula is C20H21F3N4O3. The molecule has 1 amide bonds. The van der Waals surface area contributed by atoms with Gasteiger partial charge in [0.25, 0.3) is 5.71 Å². The van der Waals surface area contributed by atoms with Crippen LogP contribution in [-0.4, -0.2) is 39.2 Å². The lowest BCUT2D eigenvalue weighted by molar-refractivity contribution is -0.136. The van der Waals surface area contributed by atoms with Gasteiger partial charge >= 0.3 is 6.18 Å². The molecule has 0 unspecified atom stereocenters. The maximum absolute atomic E-state index is 13.6. The van der Waals surface area contributed by atoms with Crippen LogP contribution in [0.4, 0.5) is 13.2 Å². The molecule has 0 bridgehead atoms. The first kappa shape index (κ1) is 20.4. The zero-order valence-electron chi connectivity index (χ0n) is 16.8. The monoisotopic (exact) mass is 422 g/mol. The molecule has 0 aromatic carbocycles. The molecule has 1 aliphatic rings. The number of aryl methyl sites for hydroxylation is 3. The van der Waals surface area contributed by atoms with Gasteiger partial charge in [-0.2, -0.15) is 13.2 Å². The van der Waals surface area contributed by atoms with E-state index in [9.17, 15) is 18.0 Å². The first-order chi connectivity index (χ1) is 14.1. The molecule has 1 aliphatic heterocycles. The number of piperidine rings is 1. The normalized spacial score (nSPS) is 15.9. The van der Waals surface area contributed by atoms with Gasteiger partial charge in [0.05, 0.1) is 28.8 Å². The second kappa shape index (κ2) is 7.41. The van der Waals surface area contributed by atoms with Crippen molar-refractivity contribution >= 4 is 17.0 Å². The van der Waals surface area contributed by atoms with Crippen molar-refractivity contribution in [2.24, 2.45) is 0 Å². The molecule has 160 valence electrons. The van der Waals surface area contributed by atoms with Crippen LogP contribution in [0.2, 0.25) is 0 Å². The molecule has 1 fully saturated rings. The first-order valence-electron chi connectivity index (χ1n) is 9.68. The highest BCUT2D eigenvalue weighted by atomic mass is 19.4. The minimum absolute atomic E-state index is 0.0545. The number of halogens is 3.